The highest BCUT2D eigenvalue weighted by Crippen LogP contribution is 2.23. The standard InChI is InChI=1S/C15H23N5O4/c1-9-6-4-5-7-12(9)16-15(22)17-13(21)8-19-11(3)14(20(23)24)10(2)18-19/h9,12H,4-8H2,1-3H3,(H2,16,17,21,22)/t9-,12-/m0/s1. The number of carbonyl (C=O) groups is 2. The lowest BCUT2D eigenvalue weighted by atomic mass is 9.86. The summed E-state index contributed by atoms with van der Waals surface area (Å²) in [6, 6.07) is -0.462. The fourth-order valence-electron chi connectivity index (χ4n) is 3.14. The number of nitro groups is 1. The van der Waals surface area contributed by atoms with Crippen LogP contribution in [0.5, 0.6) is 0 Å². The molecule has 1 aliphatic carbocycles. The molecule has 132 valence electrons. The molecule has 2 atom stereocenters. The summed E-state index contributed by atoms with van der Waals surface area (Å²) in [5.74, 6) is -0.172. The lowest BCUT2D eigenvalue weighted by Crippen LogP contribution is -2.48. The van der Waals surface area contributed by atoms with Crippen LogP contribution in [0.3, 0.4) is 0 Å². The first-order chi connectivity index (χ1) is 11.3. The predicted octanol–water partition coefficient (Wildman–Crippen LogP) is 1.81. The van der Waals surface area contributed by atoms with Gasteiger partial charge in [0.25, 0.3) is 0 Å². The Kier molecular flexibility index (Phi) is 5.53. The van der Waals surface area contributed by atoms with Crippen LogP contribution in [0.4, 0.5) is 10.5 Å². The number of rotatable bonds is 4. The van der Waals surface area contributed by atoms with Crippen LogP contribution in [0.2, 0.25) is 0 Å². The van der Waals surface area contributed by atoms with Crippen molar-refractivity contribution in [2.24, 2.45) is 5.92 Å². The Labute approximate surface area is 139 Å². The van der Waals surface area contributed by atoms with Gasteiger partial charge in [0.05, 0.1) is 4.92 Å². The Morgan fingerprint density at radius 3 is 2.58 bits per heavy atom. The highest BCUT2D eigenvalue weighted by molar-refractivity contribution is 5.94. The van der Waals surface area contributed by atoms with Crippen LogP contribution in [0.1, 0.15) is 44.0 Å². The number of aryl methyl sites for hydroxylation is 1. The minimum Gasteiger partial charge on any atom is -0.335 e. The van der Waals surface area contributed by atoms with Crippen molar-refractivity contribution in [1.82, 2.24) is 20.4 Å². The molecule has 0 bridgehead atoms. The van der Waals surface area contributed by atoms with E-state index in [-0.39, 0.29) is 29.7 Å². The van der Waals surface area contributed by atoms with Crippen molar-refractivity contribution in [2.45, 2.75) is 59.0 Å². The molecule has 9 heteroatoms. The van der Waals surface area contributed by atoms with E-state index < -0.39 is 16.9 Å². The number of imide groups is 1. The summed E-state index contributed by atoms with van der Waals surface area (Å²) in [7, 11) is 0. The molecule has 0 aromatic carbocycles. The number of hydrogen-bond acceptors (Lipinski definition) is 5. The molecule has 0 aliphatic heterocycles. The Bertz CT molecular complexity index is 655. The summed E-state index contributed by atoms with van der Waals surface area (Å²) in [6.07, 6.45) is 4.20. The fourth-order valence-corrected chi connectivity index (χ4v) is 3.14. The Balaban J connectivity index is 1.92. The van der Waals surface area contributed by atoms with Crippen LogP contribution < -0.4 is 10.6 Å². The Morgan fingerprint density at radius 2 is 2.00 bits per heavy atom. The monoisotopic (exact) mass is 337 g/mol. The number of nitrogens with zero attached hydrogens (tertiary/aromatic N) is 3. The molecule has 1 heterocycles. The van der Waals surface area contributed by atoms with E-state index in [0.717, 1.165) is 25.7 Å². The second-order valence-corrected chi connectivity index (χ2v) is 6.32. The number of hydrogen-bond donors (Lipinski definition) is 2. The molecule has 1 aliphatic rings. The van der Waals surface area contributed by atoms with Gasteiger partial charge in [-0.2, -0.15) is 5.10 Å². The summed E-state index contributed by atoms with van der Waals surface area (Å²) >= 11 is 0. The van der Waals surface area contributed by atoms with E-state index >= 15 is 0 Å². The number of carbonyl (C=O) groups excluding carboxylic acids is 2. The van der Waals surface area contributed by atoms with Gasteiger partial charge in [-0.3, -0.25) is 24.9 Å². The van der Waals surface area contributed by atoms with E-state index in [1.165, 1.54) is 18.5 Å². The molecule has 0 saturated heterocycles. The molecule has 2 N–H and O–H groups in total. The van der Waals surface area contributed by atoms with Crippen LogP contribution in [0.25, 0.3) is 0 Å². The maximum atomic E-state index is 12.0. The molecule has 3 amide bonds. The fraction of sp³-hybridized carbons (Fsp3) is 0.667. The van der Waals surface area contributed by atoms with Gasteiger partial charge in [0.2, 0.25) is 5.91 Å². The minimum absolute atomic E-state index is 0.0707. The third-order valence-corrected chi connectivity index (χ3v) is 4.50. The zero-order valence-electron chi connectivity index (χ0n) is 14.2. The molecule has 24 heavy (non-hydrogen) atoms. The van der Waals surface area contributed by atoms with E-state index in [9.17, 15) is 19.7 Å². The van der Waals surface area contributed by atoms with Crippen molar-refractivity contribution < 1.29 is 14.5 Å². The van der Waals surface area contributed by atoms with Crippen LogP contribution in [0, 0.1) is 29.9 Å². The van der Waals surface area contributed by atoms with Gasteiger partial charge in [-0.1, -0.05) is 19.8 Å². The summed E-state index contributed by atoms with van der Waals surface area (Å²) in [4.78, 5) is 34.4. The third kappa shape index (κ3) is 4.09. The van der Waals surface area contributed by atoms with Crippen LogP contribution in [-0.4, -0.2) is 32.7 Å². The van der Waals surface area contributed by atoms with Crippen molar-refractivity contribution in [3.05, 3.63) is 21.5 Å². The second-order valence-electron chi connectivity index (χ2n) is 6.32. The molecule has 0 unspecified atom stereocenters. The van der Waals surface area contributed by atoms with Crippen molar-refractivity contribution in [3.8, 4) is 0 Å². The summed E-state index contributed by atoms with van der Waals surface area (Å²) in [5.41, 5.74) is 0.419. The van der Waals surface area contributed by atoms with E-state index in [4.69, 9.17) is 0 Å². The first-order valence-corrected chi connectivity index (χ1v) is 8.08. The lowest BCUT2D eigenvalue weighted by Gasteiger charge is -2.29. The van der Waals surface area contributed by atoms with Gasteiger partial charge >= 0.3 is 11.7 Å². The SMILES string of the molecule is Cc1nn(CC(=O)NC(=O)N[C@H]2CCCC[C@@H]2C)c(C)c1[N+](=O)[O-]. The van der Waals surface area contributed by atoms with Gasteiger partial charge in [0, 0.05) is 6.04 Å². The van der Waals surface area contributed by atoms with Crippen molar-refractivity contribution in [3.63, 3.8) is 0 Å². The molecule has 1 aromatic heterocycles. The van der Waals surface area contributed by atoms with Crippen molar-refractivity contribution in [2.75, 3.05) is 0 Å². The van der Waals surface area contributed by atoms with Gasteiger partial charge < -0.3 is 5.32 Å². The van der Waals surface area contributed by atoms with Crippen molar-refractivity contribution in [1.29, 1.82) is 0 Å². The molecule has 0 radical (unpaired) electrons. The number of urea groups is 1. The predicted molar refractivity (Wildman–Crippen MR) is 86.4 cm³/mol. The van der Waals surface area contributed by atoms with Crippen LogP contribution in [0.15, 0.2) is 0 Å². The van der Waals surface area contributed by atoms with Gasteiger partial charge in [-0.15, -0.1) is 0 Å². The molecule has 1 saturated carbocycles. The molecule has 0 spiro atoms. The van der Waals surface area contributed by atoms with Crippen molar-refractivity contribution >= 4 is 17.6 Å². The average Bonchev–Trinajstić information content (AvgIpc) is 2.75. The zero-order chi connectivity index (χ0) is 17.9. The molecule has 1 aromatic rings. The van der Waals surface area contributed by atoms with Gasteiger partial charge in [0.1, 0.15) is 17.9 Å². The summed E-state index contributed by atoms with van der Waals surface area (Å²) in [5, 5.41) is 20.0. The first-order valence-electron chi connectivity index (χ1n) is 8.08. The van der Waals surface area contributed by atoms with Gasteiger partial charge in [-0.25, -0.2) is 4.79 Å². The largest absolute Gasteiger partial charge is 0.335 e. The number of nitrogens with one attached hydrogen (secondary N) is 2. The maximum absolute atomic E-state index is 12.0. The molecular weight excluding hydrogens is 314 g/mol. The van der Waals surface area contributed by atoms with E-state index in [1.807, 2.05) is 0 Å². The van der Waals surface area contributed by atoms with E-state index in [0.29, 0.717) is 5.92 Å². The van der Waals surface area contributed by atoms with Crippen LogP contribution in [-0.2, 0) is 11.3 Å². The summed E-state index contributed by atoms with van der Waals surface area (Å²) < 4.78 is 1.24. The second kappa shape index (κ2) is 7.41. The molecule has 1 fully saturated rings. The zero-order valence-corrected chi connectivity index (χ0v) is 14.2. The van der Waals surface area contributed by atoms with Crippen LogP contribution >= 0.6 is 0 Å². The maximum Gasteiger partial charge on any atom is 0.321 e. The highest BCUT2D eigenvalue weighted by Gasteiger charge is 2.25. The molecular formula is C15H23N5O4. The highest BCUT2D eigenvalue weighted by atomic mass is 16.6. The average molecular weight is 337 g/mol. The smallest absolute Gasteiger partial charge is 0.321 e. The minimum atomic E-state index is -0.559. The molecule has 9 nitrogen and oxygen atoms in total. The summed E-state index contributed by atoms with van der Waals surface area (Å²) in [6.45, 7) is 4.88. The third-order valence-electron chi connectivity index (χ3n) is 4.50. The number of aromatic nitrogens is 2. The topological polar surface area (TPSA) is 119 Å². The molecule has 2 rings (SSSR count). The Morgan fingerprint density at radius 1 is 1.33 bits per heavy atom. The van der Waals surface area contributed by atoms with E-state index in [1.54, 1.807) is 0 Å². The van der Waals surface area contributed by atoms with Gasteiger partial charge in [0.15, 0.2) is 0 Å². The normalized spacial score (nSPS) is 20.5. The quantitative estimate of drug-likeness (QED) is 0.641. The van der Waals surface area contributed by atoms with E-state index in [2.05, 4.69) is 22.7 Å². The number of amides is 3. The van der Waals surface area contributed by atoms with Gasteiger partial charge in [-0.05, 0) is 32.6 Å². The lowest BCUT2D eigenvalue weighted by molar-refractivity contribution is -0.386. The first kappa shape index (κ1) is 17.9. The Hall–Kier alpha value is -2.45.